The van der Waals surface area contributed by atoms with Gasteiger partial charge < -0.3 is 19.6 Å². The van der Waals surface area contributed by atoms with Crippen molar-refractivity contribution in [3.05, 3.63) is 0 Å². The Morgan fingerprint density at radius 3 is 1.36 bits per heavy atom. The molecule has 8 saturated heterocycles. The van der Waals surface area contributed by atoms with Crippen LogP contribution in [0.4, 0.5) is 0 Å². The lowest BCUT2D eigenvalue weighted by molar-refractivity contribution is 0.0532. The predicted octanol–water partition coefficient (Wildman–Crippen LogP) is 4.86. The van der Waals surface area contributed by atoms with Gasteiger partial charge in [-0.2, -0.15) is 0 Å². The Morgan fingerprint density at radius 2 is 0.977 bits per heavy atom. The first-order chi connectivity index (χ1) is 20.2. The Hall–Kier alpha value is 1.24. The van der Waals surface area contributed by atoms with Crippen LogP contribution in [0.5, 0.6) is 0 Å². The van der Waals surface area contributed by atoms with Crippen molar-refractivity contribution in [1.82, 2.24) is 19.6 Å². The van der Waals surface area contributed by atoms with Gasteiger partial charge in [-0.3, -0.25) is 0 Å². The standard InChI is InChI=1S/C11H21NS.C9H19NS.2C8H17NS/c1-12-4-8-9(5-12)11-7-13(2,3)6-10(8)11;1-10-4-8-6-11(2,3)7-9(8)5-10;1-9-4-8(5-9)6-10(2,3)7-8;1-9-5-8-4-7(9)6-10(8,2)3/h8-11H,4-7H2,1-3H3;8-9H,4-7H2,1-3H3;4-7H2,1-3H3;7-8H,4-6H2,1-3H3. The van der Waals surface area contributed by atoms with Gasteiger partial charge in [0.2, 0.25) is 0 Å². The SMILES string of the molecule is CN1CC2(C1)CS(C)(C)C2.CN1CC2C(C1)C1CS(C)(C)CC21.CN1CC2CC1CS2(C)C.CN1CC2CS(C)(C)CC2C1. The molecule has 2 bridgehead atoms. The molecule has 9 rings (SSSR count). The summed E-state index contributed by atoms with van der Waals surface area (Å²) in [6, 6.07) is 0.954. The van der Waals surface area contributed by atoms with Gasteiger partial charge in [-0.15, -0.1) is 0 Å². The van der Waals surface area contributed by atoms with E-state index >= 15 is 0 Å². The molecule has 0 N–H and O–H groups in total. The second-order valence-electron chi connectivity index (χ2n) is 19.8. The fourth-order valence-electron chi connectivity index (χ4n) is 12.1. The fourth-order valence-corrected chi connectivity index (χ4v) is 25.1. The molecule has 0 radical (unpaired) electrons. The first-order valence-corrected chi connectivity index (χ1v) is 28.8. The van der Waals surface area contributed by atoms with Crippen molar-refractivity contribution in [3.63, 3.8) is 0 Å². The summed E-state index contributed by atoms with van der Waals surface area (Å²) in [6.07, 6.45) is 21.5. The van der Waals surface area contributed by atoms with Crippen LogP contribution in [0.25, 0.3) is 0 Å². The minimum absolute atomic E-state index is 0.100. The van der Waals surface area contributed by atoms with Crippen LogP contribution in [0.3, 0.4) is 0 Å². The summed E-state index contributed by atoms with van der Waals surface area (Å²) in [5, 5.41) is 1.07. The van der Waals surface area contributed by atoms with Crippen molar-refractivity contribution in [2.45, 2.75) is 17.7 Å². The molecule has 262 valence electrons. The largest absolute Gasteiger partial charge is 0.306 e. The second-order valence-corrected chi connectivity index (χ2v) is 36.5. The molecule has 0 amide bonds. The Morgan fingerprint density at radius 1 is 0.500 bits per heavy atom. The molecule has 8 atom stereocenters. The number of fused-ring (bicyclic) bond motifs is 7. The number of hydrogen-bond donors (Lipinski definition) is 0. The van der Waals surface area contributed by atoms with E-state index in [1.807, 2.05) is 0 Å². The van der Waals surface area contributed by atoms with Crippen LogP contribution >= 0.6 is 40.1 Å². The van der Waals surface area contributed by atoms with Crippen molar-refractivity contribution in [3.8, 4) is 0 Å². The van der Waals surface area contributed by atoms with E-state index in [-0.39, 0.29) is 40.1 Å². The van der Waals surface area contributed by atoms with E-state index in [0.29, 0.717) is 0 Å². The summed E-state index contributed by atoms with van der Waals surface area (Å²) >= 11 is 0. The second kappa shape index (κ2) is 12.2. The highest BCUT2D eigenvalue weighted by atomic mass is 32.3. The lowest BCUT2D eigenvalue weighted by Gasteiger charge is -2.64. The molecule has 1 spiro atoms. The van der Waals surface area contributed by atoms with Crippen LogP contribution in [-0.2, 0) is 0 Å². The van der Waals surface area contributed by atoms with Crippen LogP contribution in [0.15, 0.2) is 0 Å². The third-order valence-electron chi connectivity index (χ3n) is 13.4. The zero-order valence-corrected chi connectivity index (χ0v) is 34.4. The summed E-state index contributed by atoms with van der Waals surface area (Å²) < 4.78 is 0. The minimum Gasteiger partial charge on any atom is -0.306 e. The maximum absolute atomic E-state index is 2.55. The molecule has 8 heterocycles. The molecular weight excluding hydrogens is 617 g/mol. The van der Waals surface area contributed by atoms with Crippen LogP contribution in [0.1, 0.15) is 6.42 Å². The van der Waals surface area contributed by atoms with E-state index in [0.717, 1.165) is 52.2 Å². The van der Waals surface area contributed by atoms with Gasteiger partial charge in [0.25, 0.3) is 0 Å². The van der Waals surface area contributed by atoms with Crippen molar-refractivity contribution in [1.29, 1.82) is 0 Å². The van der Waals surface area contributed by atoms with E-state index in [9.17, 15) is 0 Å². The summed E-state index contributed by atoms with van der Waals surface area (Å²) in [6.45, 7) is 9.70. The van der Waals surface area contributed by atoms with Crippen molar-refractivity contribution in [2.75, 3.05) is 164 Å². The zero-order chi connectivity index (χ0) is 32.0. The molecule has 1 saturated carbocycles. The van der Waals surface area contributed by atoms with E-state index in [2.05, 4.69) is 97.8 Å². The number of rotatable bonds is 0. The van der Waals surface area contributed by atoms with E-state index in [1.54, 1.807) is 34.5 Å². The number of likely N-dealkylation sites (tertiary alicyclic amines) is 4. The first kappa shape index (κ1) is 35.1. The van der Waals surface area contributed by atoms with Crippen LogP contribution in [0.2, 0.25) is 0 Å². The molecule has 1 aliphatic carbocycles. The minimum atomic E-state index is -0.162. The van der Waals surface area contributed by atoms with Crippen molar-refractivity contribution in [2.24, 2.45) is 40.9 Å². The molecule has 44 heavy (non-hydrogen) atoms. The maximum Gasteiger partial charge on any atom is 0.0179 e. The lowest BCUT2D eigenvalue weighted by atomic mass is 9.60. The molecule has 9 aliphatic rings. The van der Waals surface area contributed by atoms with E-state index in [4.69, 9.17) is 0 Å². The average Bonchev–Trinajstić information content (AvgIpc) is 3.64. The average molecular weight is 691 g/mol. The fraction of sp³-hybridized carbons (Fsp3) is 1.00. The number of hydrogen-bond acceptors (Lipinski definition) is 4. The highest BCUT2D eigenvalue weighted by molar-refractivity contribution is 8.34. The quantitative estimate of drug-likeness (QED) is 0.360. The summed E-state index contributed by atoms with van der Waals surface area (Å²) in [4.78, 5) is 10.0. The summed E-state index contributed by atoms with van der Waals surface area (Å²) in [5.41, 5.74) is 0.813. The first-order valence-electron chi connectivity index (χ1n) is 17.8. The van der Waals surface area contributed by atoms with Gasteiger partial charge in [0, 0.05) is 62.5 Å². The molecular formula is C36H74N4S4. The monoisotopic (exact) mass is 690 g/mol. The molecule has 9 fully saturated rings. The van der Waals surface area contributed by atoms with Crippen LogP contribution < -0.4 is 0 Å². The molecule has 4 nitrogen and oxygen atoms in total. The normalized spacial score (nSPS) is 47.4. The molecule has 8 aliphatic heterocycles. The predicted molar refractivity (Wildman–Crippen MR) is 213 cm³/mol. The maximum atomic E-state index is 2.55. The lowest BCUT2D eigenvalue weighted by Crippen LogP contribution is -2.65. The molecule has 0 aromatic heterocycles. The third-order valence-corrected chi connectivity index (χ3v) is 24.8. The van der Waals surface area contributed by atoms with Gasteiger partial charge in [-0.05, 0) is 160 Å². The highest BCUT2D eigenvalue weighted by Gasteiger charge is 2.58. The Bertz CT molecular complexity index is 991. The Kier molecular flexibility index (Phi) is 9.75. The van der Waals surface area contributed by atoms with Gasteiger partial charge >= 0.3 is 0 Å². The van der Waals surface area contributed by atoms with Gasteiger partial charge in [0.05, 0.1) is 0 Å². The van der Waals surface area contributed by atoms with E-state index < -0.39 is 0 Å². The Labute approximate surface area is 281 Å². The van der Waals surface area contributed by atoms with Gasteiger partial charge in [-0.1, -0.05) is 0 Å². The van der Waals surface area contributed by atoms with Gasteiger partial charge in [0.15, 0.2) is 0 Å². The summed E-state index contributed by atoms with van der Waals surface area (Å²) in [5.74, 6) is 17.5. The van der Waals surface area contributed by atoms with Crippen molar-refractivity contribution < 1.29 is 0 Å². The molecule has 8 unspecified atom stereocenters. The topological polar surface area (TPSA) is 13.0 Å². The Balaban J connectivity index is 0.000000105. The van der Waals surface area contributed by atoms with E-state index in [1.165, 1.54) is 58.0 Å². The smallest absolute Gasteiger partial charge is 0.0179 e. The third kappa shape index (κ3) is 7.38. The van der Waals surface area contributed by atoms with Crippen LogP contribution in [0, 0.1) is 40.9 Å². The molecule has 0 aromatic rings. The summed E-state index contributed by atoms with van der Waals surface area (Å²) in [7, 11) is 8.49. The highest BCUT2D eigenvalue weighted by Crippen LogP contribution is 2.65. The zero-order valence-electron chi connectivity index (χ0n) is 31.1. The molecule has 0 aromatic carbocycles. The van der Waals surface area contributed by atoms with Crippen molar-refractivity contribution >= 4 is 40.1 Å². The number of nitrogens with zero attached hydrogens (tertiary/aromatic N) is 4. The molecule has 8 heteroatoms. The van der Waals surface area contributed by atoms with Gasteiger partial charge in [-0.25, -0.2) is 40.1 Å². The van der Waals surface area contributed by atoms with Gasteiger partial charge in [0.1, 0.15) is 0 Å². The van der Waals surface area contributed by atoms with Crippen LogP contribution in [-0.4, -0.2) is 195 Å².